The van der Waals surface area contributed by atoms with Crippen molar-refractivity contribution >= 4 is 28.4 Å². The van der Waals surface area contributed by atoms with Gasteiger partial charge in [0.1, 0.15) is 5.82 Å². The molecule has 0 aliphatic rings. The van der Waals surface area contributed by atoms with E-state index in [0.717, 1.165) is 5.56 Å². The first kappa shape index (κ1) is 19.1. The van der Waals surface area contributed by atoms with Gasteiger partial charge < -0.3 is 0 Å². The van der Waals surface area contributed by atoms with Crippen LogP contribution in [0.1, 0.15) is 21.5 Å². The van der Waals surface area contributed by atoms with E-state index in [9.17, 15) is 14.0 Å². The number of hydrogen-bond acceptors (Lipinski definition) is 4. The van der Waals surface area contributed by atoms with E-state index in [1.807, 2.05) is 30.3 Å². The van der Waals surface area contributed by atoms with E-state index in [4.69, 9.17) is 0 Å². The zero-order valence-corrected chi connectivity index (χ0v) is 16.4. The molecule has 0 bridgehead atoms. The molecule has 0 saturated carbocycles. The van der Waals surface area contributed by atoms with E-state index in [0.29, 0.717) is 32.9 Å². The van der Waals surface area contributed by atoms with Gasteiger partial charge in [-0.25, -0.2) is 9.37 Å². The zero-order valence-electron chi connectivity index (χ0n) is 15.6. The summed E-state index contributed by atoms with van der Waals surface area (Å²) in [5, 5.41) is 1.24. The maximum atomic E-state index is 13.0. The van der Waals surface area contributed by atoms with Crippen LogP contribution in [0, 0.1) is 5.82 Å². The number of thioether (sulfide) groups is 1. The maximum absolute atomic E-state index is 13.0. The van der Waals surface area contributed by atoms with Crippen molar-refractivity contribution in [2.24, 2.45) is 7.05 Å². The Morgan fingerprint density at radius 2 is 1.59 bits per heavy atom. The van der Waals surface area contributed by atoms with Crippen LogP contribution in [0.5, 0.6) is 0 Å². The lowest BCUT2D eigenvalue weighted by molar-refractivity contribution is 0.103. The van der Waals surface area contributed by atoms with Crippen molar-refractivity contribution < 1.29 is 9.18 Å². The van der Waals surface area contributed by atoms with E-state index in [1.165, 1.54) is 36.0 Å². The molecule has 1 heterocycles. The number of rotatable bonds is 5. The lowest BCUT2D eigenvalue weighted by atomic mass is 10.0. The summed E-state index contributed by atoms with van der Waals surface area (Å²) < 4.78 is 14.6. The van der Waals surface area contributed by atoms with E-state index in [-0.39, 0.29) is 17.2 Å². The Labute approximate surface area is 171 Å². The minimum absolute atomic E-state index is 0.0710. The molecule has 4 rings (SSSR count). The first-order valence-corrected chi connectivity index (χ1v) is 9.99. The number of aromatic nitrogens is 2. The lowest BCUT2D eigenvalue weighted by Gasteiger charge is -2.09. The molecule has 0 spiro atoms. The average molecular weight is 404 g/mol. The molecule has 0 aliphatic heterocycles. The molecule has 0 saturated heterocycles. The number of fused-ring (bicyclic) bond motifs is 1. The van der Waals surface area contributed by atoms with Crippen LogP contribution in [0.2, 0.25) is 0 Å². The second-order valence-corrected chi connectivity index (χ2v) is 7.54. The highest BCUT2D eigenvalue weighted by Crippen LogP contribution is 2.22. The highest BCUT2D eigenvalue weighted by atomic mass is 32.2. The van der Waals surface area contributed by atoms with Crippen LogP contribution in [-0.2, 0) is 12.8 Å². The first-order valence-electron chi connectivity index (χ1n) is 9.01. The summed E-state index contributed by atoms with van der Waals surface area (Å²) in [6.07, 6.45) is 0. The number of carbonyl (C=O) groups excluding carboxylic acids is 1. The summed E-state index contributed by atoms with van der Waals surface area (Å²) in [5.74, 6) is 0.0947. The van der Waals surface area contributed by atoms with Gasteiger partial charge in [-0.15, -0.1) is 0 Å². The van der Waals surface area contributed by atoms with Gasteiger partial charge in [-0.3, -0.25) is 14.2 Å². The predicted molar refractivity (Wildman–Crippen MR) is 113 cm³/mol. The normalized spacial score (nSPS) is 11.0. The number of halogens is 1. The molecule has 4 aromatic rings. The number of carbonyl (C=O) groups is 1. The monoisotopic (exact) mass is 404 g/mol. The maximum Gasteiger partial charge on any atom is 0.261 e. The Balaban J connectivity index is 1.50. The molecular formula is C23H17FN2O2S. The van der Waals surface area contributed by atoms with Gasteiger partial charge in [-0.05, 0) is 42.0 Å². The SMILES string of the molecule is Cn1c(SCc2ccc(C(=O)c3ccc(F)cc3)cc2)nc2ccccc2c1=O. The molecule has 0 aliphatic carbocycles. The number of nitrogens with zero attached hydrogens (tertiary/aromatic N) is 2. The van der Waals surface area contributed by atoms with Gasteiger partial charge in [0.05, 0.1) is 10.9 Å². The third-order valence-electron chi connectivity index (χ3n) is 4.63. The number of para-hydroxylation sites is 1. The Morgan fingerprint density at radius 1 is 0.966 bits per heavy atom. The molecule has 29 heavy (non-hydrogen) atoms. The fourth-order valence-corrected chi connectivity index (χ4v) is 3.92. The van der Waals surface area contributed by atoms with Crippen molar-refractivity contribution in [2.75, 3.05) is 0 Å². The van der Waals surface area contributed by atoms with Gasteiger partial charge >= 0.3 is 0 Å². The van der Waals surface area contributed by atoms with Crippen molar-refractivity contribution in [2.45, 2.75) is 10.9 Å². The minimum Gasteiger partial charge on any atom is -0.290 e. The molecule has 4 nitrogen and oxygen atoms in total. The van der Waals surface area contributed by atoms with Crippen LogP contribution in [0.25, 0.3) is 10.9 Å². The molecule has 0 amide bonds. The summed E-state index contributed by atoms with van der Waals surface area (Å²) in [6.45, 7) is 0. The first-order chi connectivity index (χ1) is 14.0. The molecule has 6 heteroatoms. The Bertz CT molecular complexity index is 1250. The van der Waals surface area contributed by atoms with E-state index in [2.05, 4.69) is 4.98 Å². The molecule has 0 unspecified atom stereocenters. The van der Waals surface area contributed by atoms with E-state index >= 15 is 0 Å². The van der Waals surface area contributed by atoms with Gasteiger partial charge in [-0.1, -0.05) is 48.2 Å². The smallest absolute Gasteiger partial charge is 0.261 e. The standard InChI is InChI=1S/C23H17FN2O2S/c1-26-22(28)19-4-2-3-5-20(19)25-23(26)29-14-15-6-8-16(9-7-15)21(27)17-10-12-18(24)13-11-17/h2-13H,14H2,1H3. The fraction of sp³-hybridized carbons (Fsp3) is 0.0870. The number of benzene rings is 3. The van der Waals surface area contributed by atoms with Crippen LogP contribution in [0.15, 0.2) is 82.7 Å². The van der Waals surface area contributed by atoms with Crippen molar-refractivity contribution in [1.82, 2.24) is 9.55 Å². The molecule has 0 radical (unpaired) electrons. The highest BCUT2D eigenvalue weighted by Gasteiger charge is 2.11. The molecule has 3 aromatic carbocycles. The summed E-state index contributed by atoms with van der Waals surface area (Å²) in [4.78, 5) is 29.5. The lowest BCUT2D eigenvalue weighted by Crippen LogP contribution is -2.19. The van der Waals surface area contributed by atoms with Crippen LogP contribution >= 0.6 is 11.8 Å². The number of hydrogen-bond donors (Lipinski definition) is 0. The van der Waals surface area contributed by atoms with Crippen LogP contribution in [0.3, 0.4) is 0 Å². The predicted octanol–water partition coefficient (Wildman–Crippen LogP) is 4.60. The van der Waals surface area contributed by atoms with Gasteiger partial charge in [0.25, 0.3) is 5.56 Å². The van der Waals surface area contributed by atoms with Gasteiger partial charge in [0, 0.05) is 23.9 Å². The molecule has 0 fully saturated rings. The quantitative estimate of drug-likeness (QED) is 0.277. The van der Waals surface area contributed by atoms with E-state index < -0.39 is 0 Å². The van der Waals surface area contributed by atoms with E-state index in [1.54, 1.807) is 29.8 Å². The zero-order chi connectivity index (χ0) is 20.4. The summed E-state index contributed by atoms with van der Waals surface area (Å²) >= 11 is 1.47. The number of ketones is 1. The summed E-state index contributed by atoms with van der Waals surface area (Å²) in [6, 6.07) is 20.1. The molecule has 1 aromatic heterocycles. The van der Waals surface area contributed by atoms with Crippen molar-refractivity contribution in [3.8, 4) is 0 Å². The average Bonchev–Trinajstić information content (AvgIpc) is 2.76. The highest BCUT2D eigenvalue weighted by molar-refractivity contribution is 7.98. The van der Waals surface area contributed by atoms with Crippen molar-refractivity contribution in [1.29, 1.82) is 0 Å². The molecule has 0 N–H and O–H groups in total. The van der Waals surface area contributed by atoms with Crippen molar-refractivity contribution in [3.05, 3.63) is 106 Å². The van der Waals surface area contributed by atoms with Gasteiger partial charge in [0.2, 0.25) is 0 Å². The Hall–Kier alpha value is -3.25. The van der Waals surface area contributed by atoms with Crippen LogP contribution < -0.4 is 5.56 Å². The molecule has 0 atom stereocenters. The minimum atomic E-state index is -0.370. The summed E-state index contributed by atoms with van der Waals surface area (Å²) in [5.41, 5.74) is 2.61. The largest absolute Gasteiger partial charge is 0.290 e. The molecule has 144 valence electrons. The Morgan fingerprint density at radius 3 is 2.28 bits per heavy atom. The van der Waals surface area contributed by atoms with Gasteiger partial charge in [-0.2, -0.15) is 0 Å². The van der Waals surface area contributed by atoms with Gasteiger partial charge in [0.15, 0.2) is 10.9 Å². The summed E-state index contributed by atoms with van der Waals surface area (Å²) in [7, 11) is 1.72. The Kier molecular flexibility index (Phi) is 5.27. The third-order valence-corrected chi connectivity index (χ3v) is 5.73. The fourth-order valence-electron chi connectivity index (χ4n) is 2.99. The van der Waals surface area contributed by atoms with Crippen LogP contribution in [0.4, 0.5) is 4.39 Å². The second-order valence-electron chi connectivity index (χ2n) is 6.60. The molecular weight excluding hydrogens is 387 g/mol. The van der Waals surface area contributed by atoms with Crippen LogP contribution in [-0.4, -0.2) is 15.3 Å². The van der Waals surface area contributed by atoms with Crippen molar-refractivity contribution in [3.63, 3.8) is 0 Å². The topological polar surface area (TPSA) is 52.0 Å². The third kappa shape index (κ3) is 3.98. The second kappa shape index (κ2) is 8.01.